The average molecular weight is 261 g/mol. The first-order valence-electron chi connectivity index (χ1n) is 5.70. The van der Waals surface area contributed by atoms with Gasteiger partial charge in [0.1, 0.15) is 23.9 Å². The SMILES string of the molecule is Cn1cc(COc2ccc(C/C(N)=N/O)cc2)nn1. The molecule has 0 aliphatic carbocycles. The fraction of sp³-hybridized carbons (Fsp3) is 0.250. The lowest BCUT2D eigenvalue weighted by Crippen LogP contribution is -2.14. The van der Waals surface area contributed by atoms with E-state index in [2.05, 4.69) is 15.5 Å². The van der Waals surface area contributed by atoms with E-state index in [1.165, 1.54) is 0 Å². The number of nitrogens with zero attached hydrogens (tertiary/aromatic N) is 4. The van der Waals surface area contributed by atoms with Gasteiger partial charge < -0.3 is 15.7 Å². The van der Waals surface area contributed by atoms with Gasteiger partial charge in [0, 0.05) is 13.5 Å². The van der Waals surface area contributed by atoms with Gasteiger partial charge in [0.2, 0.25) is 0 Å². The molecule has 0 atom stereocenters. The van der Waals surface area contributed by atoms with E-state index in [1.807, 2.05) is 24.3 Å². The Morgan fingerprint density at radius 3 is 2.74 bits per heavy atom. The van der Waals surface area contributed by atoms with E-state index in [-0.39, 0.29) is 5.84 Å². The van der Waals surface area contributed by atoms with Crippen LogP contribution in [-0.2, 0) is 20.1 Å². The number of hydrogen-bond donors (Lipinski definition) is 2. The van der Waals surface area contributed by atoms with Gasteiger partial charge in [0.15, 0.2) is 0 Å². The predicted octanol–water partition coefficient (Wildman–Crippen LogP) is 0.683. The van der Waals surface area contributed by atoms with Crippen LogP contribution in [0.15, 0.2) is 35.6 Å². The highest BCUT2D eigenvalue weighted by Gasteiger charge is 2.01. The molecule has 100 valence electrons. The number of hydrogen-bond acceptors (Lipinski definition) is 5. The molecule has 19 heavy (non-hydrogen) atoms. The highest BCUT2D eigenvalue weighted by Crippen LogP contribution is 2.14. The lowest BCUT2D eigenvalue weighted by molar-refractivity contribution is 0.301. The highest BCUT2D eigenvalue weighted by molar-refractivity contribution is 5.82. The Bertz CT molecular complexity index is 562. The molecule has 0 saturated heterocycles. The molecule has 0 amide bonds. The quantitative estimate of drug-likeness (QED) is 0.357. The van der Waals surface area contributed by atoms with Crippen molar-refractivity contribution in [3.05, 3.63) is 41.7 Å². The maximum Gasteiger partial charge on any atom is 0.143 e. The number of benzene rings is 1. The Balaban J connectivity index is 1.91. The number of oxime groups is 1. The Morgan fingerprint density at radius 1 is 1.42 bits per heavy atom. The molecule has 0 saturated carbocycles. The van der Waals surface area contributed by atoms with Gasteiger partial charge in [-0.1, -0.05) is 22.5 Å². The summed E-state index contributed by atoms with van der Waals surface area (Å²) in [6.07, 6.45) is 2.20. The van der Waals surface area contributed by atoms with Crippen molar-refractivity contribution in [2.75, 3.05) is 0 Å². The number of aryl methyl sites for hydroxylation is 1. The Labute approximate surface area is 110 Å². The fourth-order valence-corrected chi connectivity index (χ4v) is 1.57. The van der Waals surface area contributed by atoms with Crippen LogP contribution in [0.3, 0.4) is 0 Å². The van der Waals surface area contributed by atoms with Gasteiger partial charge in [0.25, 0.3) is 0 Å². The van der Waals surface area contributed by atoms with Crippen LogP contribution >= 0.6 is 0 Å². The van der Waals surface area contributed by atoms with Crippen LogP contribution in [-0.4, -0.2) is 26.0 Å². The van der Waals surface area contributed by atoms with Crippen LogP contribution in [0.2, 0.25) is 0 Å². The van der Waals surface area contributed by atoms with Crippen molar-refractivity contribution in [3.63, 3.8) is 0 Å². The summed E-state index contributed by atoms with van der Waals surface area (Å²) in [7, 11) is 1.80. The molecule has 7 nitrogen and oxygen atoms in total. The van der Waals surface area contributed by atoms with Crippen molar-refractivity contribution < 1.29 is 9.94 Å². The normalized spacial score (nSPS) is 11.5. The third-order valence-electron chi connectivity index (χ3n) is 2.47. The molecule has 1 aromatic carbocycles. The van der Waals surface area contributed by atoms with E-state index < -0.39 is 0 Å². The Morgan fingerprint density at radius 2 is 2.16 bits per heavy atom. The van der Waals surface area contributed by atoms with Crippen LogP contribution < -0.4 is 10.5 Å². The van der Waals surface area contributed by atoms with Crippen LogP contribution in [0, 0.1) is 0 Å². The number of ether oxygens (including phenoxy) is 1. The smallest absolute Gasteiger partial charge is 0.143 e. The lowest BCUT2D eigenvalue weighted by atomic mass is 10.1. The van der Waals surface area contributed by atoms with Crippen molar-refractivity contribution in [3.8, 4) is 5.75 Å². The van der Waals surface area contributed by atoms with E-state index in [1.54, 1.807) is 17.9 Å². The number of rotatable bonds is 5. The van der Waals surface area contributed by atoms with Gasteiger partial charge in [0.05, 0.1) is 6.20 Å². The second kappa shape index (κ2) is 5.85. The molecule has 2 rings (SSSR count). The van der Waals surface area contributed by atoms with Crippen molar-refractivity contribution in [2.45, 2.75) is 13.0 Å². The molecule has 0 aliphatic rings. The summed E-state index contributed by atoms with van der Waals surface area (Å²) in [5.74, 6) is 0.905. The number of aromatic nitrogens is 3. The Hall–Kier alpha value is -2.57. The first-order chi connectivity index (χ1) is 9.17. The van der Waals surface area contributed by atoms with Crippen LogP contribution in [0.5, 0.6) is 5.75 Å². The monoisotopic (exact) mass is 261 g/mol. The lowest BCUT2D eigenvalue weighted by Gasteiger charge is -2.05. The van der Waals surface area contributed by atoms with Crippen molar-refractivity contribution in [1.29, 1.82) is 0 Å². The zero-order valence-electron chi connectivity index (χ0n) is 10.5. The molecule has 0 fully saturated rings. The summed E-state index contributed by atoms with van der Waals surface area (Å²) in [6, 6.07) is 7.39. The molecule has 7 heteroatoms. The standard InChI is InChI=1S/C12H15N5O2/c1-17-7-10(14-16-17)8-19-11-4-2-9(3-5-11)6-12(13)15-18/h2-5,7,18H,6,8H2,1H3,(H2,13,15). The minimum atomic E-state index is 0.174. The van der Waals surface area contributed by atoms with E-state index >= 15 is 0 Å². The molecule has 0 spiro atoms. The van der Waals surface area contributed by atoms with Gasteiger partial charge in [-0.05, 0) is 17.7 Å². The predicted molar refractivity (Wildman–Crippen MR) is 68.9 cm³/mol. The Kier molecular flexibility index (Phi) is 3.97. The summed E-state index contributed by atoms with van der Waals surface area (Å²) in [4.78, 5) is 0. The molecule has 3 N–H and O–H groups in total. The molecule has 1 heterocycles. The zero-order chi connectivity index (χ0) is 13.7. The second-order valence-electron chi connectivity index (χ2n) is 4.08. The largest absolute Gasteiger partial charge is 0.487 e. The summed E-state index contributed by atoms with van der Waals surface area (Å²) >= 11 is 0. The van der Waals surface area contributed by atoms with E-state index in [9.17, 15) is 0 Å². The summed E-state index contributed by atoms with van der Waals surface area (Å²) in [6.45, 7) is 0.368. The third-order valence-corrected chi connectivity index (χ3v) is 2.47. The molecular formula is C12H15N5O2. The van der Waals surface area contributed by atoms with E-state index in [0.29, 0.717) is 13.0 Å². The maximum atomic E-state index is 8.49. The first kappa shape index (κ1) is 12.9. The average Bonchev–Trinajstić information content (AvgIpc) is 2.83. The fourth-order valence-electron chi connectivity index (χ4n) is 1.57. The summed E-state index contributed by atoms with van der Waals surface area (Å²) in [5, 5.41) is 19.2. The number of nitrogens with two attached hydrogens (primary N) is 1. The minimum Gasteiger partial charge on any atom is -0.487 e. The van der Waals surface area contributed by atoms with Gasteiger partial charge in [-0.2, -0.15) is 0 Å². The van der Waals surface area contributed by atoms with E-state index in [4.69, 9.17) is 15.7 Å². The van der Waals surface area contributed by atoms with Crippen molar-refractivity contribution in [1.82, 2.24) is 15.0 Å². The van der Waals surface area contributed by atoms with Crippen LogP contribution in [0.4, 0.5) is 0 Å². The van der Waals surface area contributed by atoms with Crippen LogP contribution in [0.1, 0.15) is 11.3 Å². The van der Waals surface area contributed by atoms with Crippen molar-refractivity contribution >= 4 is 5.84 Å². The highest BCUT2D eigenvalue weighted by atomic mass is 16.5. The van der Waals surface area contributed by atoms with Gasteiger partial charge in [-0.3, -0.25) is 4.68 Å². The van der Waals surface area contributed by atoms with Gasteiger partial charge in [-0.15, -0.1) is 5.10 Å². The number of amidine groups is 1. The summed E-state index contributed by atoms with van der Waals surface area (Å²) < 4.78 is 7.19. The van der Waals surface area contributed by atoms with E-state index in [0.717, 1.165) is 17.0 Å². The molecular weight excluding hydrogens is 246 g/mol. The summed E-state index contributed by atoms with van der Waals surface area (Å²) in [5.41, 5.74) is 7.14. The van der Waals surface area contributed by atoms with Gasteiger partial charge in [-0.25, -0.2) is 0 Å². The third kappa shape index (κ3) is 3.70. The molecule has 1 aromatic heterocycles. The van der Waals surface area contributed by atoms with Crippen LogP contribution in [0.25, 0.3) is 0 Å². The first-order valence-corrected chi connectivity index (χ1v) is 5.70. The molecule has 2 aromatic rings. The van der Waals surface area contributed by atoms with Crippen molar-refractivity contribution in [2.24, 2.45) is 17.9 Å². The zero-order valence-corrected chi connectivity index (χ0v) is 10.5. The molecule has 0 bridgehead atoms. The second-order valence-corrected chi connectivity index (χ2v) is 4.08. The van der Waals surface area contributed by atoms with Gasteiger partial charge >= 0.3 is 0 Å². The molecule has 0 radical (unpaired) electrons. The maximum absolute atomic E-state index is 8.49. The topological polar surface area (TPSA) is 98.5 Å². The molecule has 0 unspecified atom stereocenters. The molecule has 0 aliphatic heterocycles. The minimum absolute atomic E-state index is 0.174.